The number of carboxylic acid groups (broad SMARTS) is 1. The fourth-order valence-electron chi connectivity index (χ4n) is 1.43. The van der Waals surface area contributed by atoms with Crippen molar-refractivity contribution < 1.29 is 20.1 Å². The van der Waals surface area contributed by atoms with E-state index in [0.29, 0.717) is 0 Å². The predicted molar refractivity (Wildman–Crippen MR) is 69.0 cm³/mol. The lowest BCUT2D eigenvalue weighted by Gasteiger charge is -2.05. The van der Waals surface area contributed by atoms with E-state index in [1.165, 1.54) is 38.5 Å². The summed E-state index contributed by atoms with van der Waals surface area (Å²) in [6.45, 7) is 3.22. The minimum Gasteiger partial charge on any atom is -0.481 e. The first-order valence-electron chi connectivity index (χ1n) is 6.53. The number of hydrogen-bond acceptors (Lipinski definition) is 3. The molecule has 17 heavy (non-hydrogen) atoms. The lowest BCUT2D eigenvalue weighted by molar-refractivity contribution is -0.134. The number of unbranched alkanes of at least 4 members (excludes halogenated alkanes) is 6. The Morgan fingerprint density at radius 3 is 1.88 bits per heavy atom. The van der Waals surface area contributed by atoms with Crippen LogP contribution in [-0.4, -0.2) is 34.0 Å². The third-order valence-electron chi connectivity index (χ3n) is 2.35. The monoisotopic (exact) mass is 248 g/mol. The van der Waals surface area contributed by atoms with Crippen molar-refractivity contribution >= 4 is 5.97 Å². The topological polar surface area (TPSA) is 77.8 Å². The Morgan fingerprint density at radius 1 is 1.06 bits per heavy atom. The Balaban J connectivity index is 0. The molecule has 0 aliphatic carbocycles. The molecule has 0 fully saturated rings. The predicted octanol–water partition coefficient (Wildman–Crippen LogP) is 2.57. The normalized spacial score (nSPS) is 11.5. The van der Waals surface area contributed by atoms with E-state index in [2.05, 4.69) is 6.92 Å². The van der Waals surface area contributed by atoms with Crippen LogP contribution in [0, 0.1) is 0 Å². The molecule has 0 heterocycles. The Hall–Kier alpha value is -0.610. The van der Waals surface area contributed by atoms with Crippen LogP contribution in [0.3, 0.4) is 0 Å². The zero-order valence-corrected chi connectivity index (χ0v) is 11.2. The lowest BCUT2D eigenvalue weighted by atomic mass is 10.1. The first-order valence-corrected chi connectivity index (χ1v) is 6.53. The Morgan fingerprint density at radius 2 is 1.47 bits per heavy atom. The number of aliphatic hydroxyl groups excluding tert-OH is 2. The average molecular weight is 248 g/mol. The summed E-state index contributed by atoms with van der Waals surface area (Å²) < 4.78 is 0. The van der Waals surface area contributed by atoms with E-state index >= 15 is 0 Å². The summed E-state index contributed by atoms with van der Waals surface area (Å²) in [6, 6.07) is 0. The maximum Gasteiger partial charge on any atom is 0.300 e. The van der Waals surface area contributed by atoms with Gasteiger partial charge < -0.3 is 15.3 Å². The zero-order chi connectivity index (χ0) is 13.5. The van der Waals surface area contributed by atoms with Crippen molar-refractivity contribution in [3.63, 3.8) is 0 Å². The molecule has 4 heteroatoms. The van der Waals surface area contributed by atoms with Crippen LogP contribution >= 0.6 is 0 Å². The summed E-state index contributed by atoms with van der Waals surface area (Å²) in [5.74, 6) is -0.833. The van der Waals surface area contributed by atoms with E-state index in [-0.39, 0.29) is 6.61 Å². The van der Waals surface area contributed by atoms with Crippen LogP contribution in [0.4, 0.5) is 0 Å². The number of rotatable bonds is 9. The largest absolute Gasteiger partial charge is 0.481 e. The van der Waals surface area contributed by atoms with Crippen molar-refractivity contribution in [1.82, 2.24) is 0 Å². The van der Waals surface area contributed by atoms with Gasteiger partial charge in [-0.15, -0.1) is 0 Å². The molecule has 1 atom stereocenters. The molecule has 1 unspecified atom stereocenters. The first-order chi connectivity index (χ1) is 8.04. The smallest absolute Gasteiger partial charge is 0.300 e. The second kappa shape index (κ2) is 15.4. The molecule has 0 aromatic heterocycles. The molecule has 0 aliphatic rings. The lowest BCUT2D eigenvalue weighted by Crippen LogP contribution is -2.10. The highest BCUT2D eigenvalue weighted by Crippen LogP contribution is 2.09. The van der Waals surface area contributed by atoms with Crippen molar-refractivity contribution in [2.75, 3.05) is 6.61 Å². The van der Waals surface area contributed by atoms with Gasteiger partial charge in [-0.25, -0.2) is 0 Å². The minimum atomic E-state index is -0.833. The molecule has 3 N–H and O–H groups in total. The highest BCUT2D eigenvalue weighted by atomic mass is 16.4. The number of aliphatic carboxylic acids is 1. The molecule has 0 aromatic carbocycles. The molecule has 0 spiro atoms. The fraction of sp³-hybridized carbons (Fsp3) is 0.923. The molecule has 0 saturated carbocycles. The maximum absolute atomic E-state index is 9.05. The van der Waals surface area contributed by atoms with Crippen LogP contribution in [0.25, 0.3) is 0 Å². The summed E-state index contributed by atoms with van der Waals surface area (Å²) >= 11 is 0. The standard InChI is InChI=1S/C11H24O2.C2H4O2/c1-2-3-4-5-6-7-8-9-11(13)10-12;1-2(3)4/h11-13H,2-10H2,1H3;1H3,(H,3,4). The van der Waals surface area contributed by atoms with Gasteiger partial charge in [-0.05, 0) is 6.42 Å². The zero-order valence-electron chi connectivity index (χ0n) is 11.2. The first kappa shape index (κ1) is 18.7. The fourth-order valence-corrected chi connectivity index (χ4v) is 1.43. The highest BCUT2D eigenvalue weighted by molar-refractivity contribution is 5.62. The molecule has 104 valence electrons. The van der Waals surface area contributed by atoms with E-state index in [1.807, 2.05) is 0 Å². The van der Waals surface area contributed by atoms with Gasteiger partial charge in [0.25, 0.3) is 5.97 Å². The van der Waals surface area contributed by atoms with Crippen LogP contribution in [0.5, 0.6) is 0 Å². The second-order valence-corrected chi connectivity index (χ2v) is 4.27. The van der Waals surface area contributed by atoms with Gasteiger partial charge in [0.05, 0.1) is 12.7 Å². The summed E-state index contributed by atoms with van der Waals surface area (Å²) in [6.07, 6.45) is 9.09. The van der Waals surface area contributed by atoms with Gasteiger partial charge in [0.1, 0.15) is 0 Å². The summed E-state index contributed by atoms with van der Waals surface area (Å²) in [5.41, 5.74) is 0. The molecule has 0 rings (SSSR count). The van der Waals surface area contributed by atoms with Gasteiger partial charge in [-0.3, -0.25) is 4.79 Å². The third-order valence-corrected chi connectivity index (χ3v) is 2.35. The third kappa shape index (κ3) is 25.6. The Bertz CT molecular complexity index is 155. The van der Waals surface area contributed by atoms with Crippen LogP contribution < -0.4 is 0 Å². The van der Waals surface area contributed by atoms with E-state index in [4.69, 9.17) is 20.1 Å². The number of hydrogen-bond donors (Lipinski definition) is 3. The van der Waals surface area contributed by atoms with Gasteiger partial charge in [-0.1, -0.05) is 51.9 Å². The maximum atomic E-state index is 9.05. The Kier molecular flexibility index (Phi) is 17.0. The van der Waals surface area contributed by atoms with Gasteiger partial charge in [0, 0.05) is 6.92 Å². The molecule has 4 nitrogen and oxygen atoms in total. The molecular formula is C13H28O4. The summed E-state index contributed by atoms with van der Waals surface area (Å²) in [4.78, 5) is 9.00. The molecule has 0 bridgehead atoms. The van der Waals surface area contributed by atoms with Gasteiger partial charge >= 0.3 is 0 Å². The van der Waals surface area contributed by atoms with E-state index in [1.54, 1.807) is 0 Å². The van der Waals surface area contributed by atoms with Crippen molar-refractivity contribution in [3.8, 4) is 0 Å². The van der Waals surface area contributed by atoms with Crippen LogP contribution in [0.15, 0.2) is 0 Å². The number of carbonyl (C=O) groups is 1. The molecular weight excluding hydrogens is 220 g/mol. The average Bonchev–Trinajstić information content (AvgIpc) is 2.26. The number of carboxylic acids is 1. The van der Waals surface area contributed by atoms with E-state index < -0.39 is 12.1 Å². The van der Waals surface area contributed by atoms with Gasteiger partial charge in [0.2, 0.25) is 0 Å². The molecule has 0 saturated heterocycles. The molecule has 0 aliphatic heterocycles. The van der Waals surface area contributed by atoms with Crippen LogP contribution in [0.2, 0.25) is 0 Å². The van der Waals surface area contributed by atoms with Crippen LogP contribution in [-0.2, 0) is 4.79 Å². The van der Waals surface area contributed by atoms with Gasteiger partial charge in [-0.2, -0.15) is 0 Å². The molecule has 0 radical (unpaired) electrons. The summed E-state index contributed by atoms with van der Waals surface area (Å²) in [7, 11) is 0. The van der Waals surface area contributed by atoms with Crippen molar-refractivity contribution in [2.24, 2.45) is 0 Å². The van der Waals surface area contributed by atoms with Crippen molar-refractivity contribution in [1.29, 1.82) is 0 Å². The van der Waals surface area contributed by atoms with E-state index in [9.17, 15) is 0 Å². The van der Waals surface area contributed by atoms with Crippen LogP contribution in [0.1, 0.15) is 65.2 Å². The SMILES string of the molecule is CC(=O)O.CCCCCCCCCC(O)CO. The Labute approximate surface area is 105 Å². The number of aliphatic hydroxyl groups is 2. The quantitative estimate of drug-likeness (QED) is 0.548. The van der Waals surface area contributed by atoms with Gasteiger partial charge in [0.15, 0.2) is 0 Å². The summed E-state index contributed by atoms with van der Waals surface area (Å²) in [5, 5.41) is 25.0. The minimum absolute atomic E-state index is 0.0875. The van der Waals surface area contributed by atoms with E-state index in [0.717, 1.165) is 19.8 Å². The second-order valence-electron chi connectivity index (χ2n) is 4.27. The van der Waals surface area contributed by atoms with Crippen molar-refractivity contribution in [2.45, 2.75) is 71.3 Å². The van der Waals surface area contributed by atoms with Crippen molar-refractivity contribution in [3.05, 3.63) is 0 Å². The molecule has 0 amide bonds. The highest BCUT2D eigenvalue weighted by Gasteiger charge is 2.00. The molecule has 0 aromatic rings.